The van der Waals surface area contributed by atoms with Crippen molar-refractivity contribution in [2.75, 3.05) is 0 Å². The summed E-state index contributed by atoms with van der Waals surface area (Å²) in [7, 11) is 0. The van der Waals surface area contributed by atoms with Gasteiger partial charge in [-0.2, -0.15) is 0 Å². The third-order valence-corrected chi connectivity index (χ3v) is 4.85. The number of esters is 2. The zero-order chi connectivity index (χ0) is 22.7. The van der Waals surface area contributed by atoms with E-state index in [0.717, 1.165) is 4.90 Å². The summed E-state index contributed by atoms with van der Waals surface area (Å²) in [5.41, 5.74) is -0.110. The van der Waals surface area contributed by atoms with Crippen molar-refractivity contribution in [3.8, 4) is 11.5 Å². The van der Waals surface area contributed by atoms with Crippen LogP contribution in [0.5, 0.6) is 11.5 Å². The molecule has 1 amide bonds. The number of para-hydroxylation sites is 2. The molecular formula is C23H16N2O7. The number of benzene rings is 3. The van der Waals surface area contributed by atoms with Crippen LogP contribution in [0.15, 0.2) is 78.9 Å². The van der Waals surface area contributed by atoms with Crippen LogP contribution in [0.25, 0.3) is 0 Å². The SMILES string of the molecule is O=C(Oc1ccccc1)C(C(=O)Oc1ccccc1)N1Cc2c(cccc2[N+](=O)[O-])C1=O. The number of amides is 1. The zero-order valence-corrected chi connectivity index (χ0v) is 16.5. The molecule has 0 atom stereocenters. The number of fused-ring (bicyclic) bond motifs is 1. The molecule has 1 aliphatic rings. The van der Waals surface area contributed by atoms with Gasteiger partial charge in [-0.05, 0) is 30.3 Å². The Morgan fingerprint density at radius 2 is 1.38 bits per heavy atom. The van der Waals surface area contributed by atoms with Gasteiger partial charge in [0.05, 0.1) is 22.6 Å². The van der Waals surface area contributed by atoms with Gasteiger partial charge in [0.15, 0.2) is 0 Å². The topological polar surface area (TPSA) is 116 Å². The van der Waals surface area contributed by atoms with Gasteiger partial charge in [-0.1, -0.05) is 42.5 Å². The van der Waals surface area contributed by atoms with Crippen molar-refractivity contribution in [2.45, 2.75) is 12.6 Å². The first-order valence-electron chi connectivity index (χ1n) is 9.56. The maximum Gasteiger partial charge on any atom is 0.346 e. The highest BCUT2D eigenvalue weighted by Gasteiger charge is 2.45. The van der Waals surface area contributed by atoms with Crippen LogP contribution < -0.4 is 9.47 Å². The molecule has 32 heavy (non-hydrogen) atoms. The Labute approximate surface area is 181 Å². The molecule has 0 N–H and O–H groups in total. The van der Waals surface area contributed by atoms with Crippen molar-refractivity contribution in [1.29, 1.82) is 0 Å². The molecule has 3 aromatic carbocycles. The Kier molecular flexibility index (Phi) is 5.63. The van der Waals surface area contributed by atoms with Crippen LogP contribution in [0.3, 0.4) is 0 Å². The summed E-state index contributed by atoms with van der Waals surface area (Å²) < 4.78 is 10.6. The summed E-state index contributed by atoms with van der Waals surface area (Å²) >= 11 is 0. The first-order valence-corrected chi connectivity index (χ1v) is 9.56. The minimum Gasteiger partial charge on any atom is -0.425 e. The van der Waals surface area contributed by atoms with Crippen LogP contribution >= 0.6 is 0 Å². The second-order valence-electron chi connectivity index (χ2n) is 6.86. The Morgan fingerprint density at radius 1 is 0.844 bits per heavy atom. The highest BCUT2D eigenvalue weighted by Crippen LogP contribution is 2.32. The third-order valence-electron chi connectivity index (χ3n) is 4.85. The fourth-order valence-electron chi connectivity index (χ4n) is 3.39. The predicted octanol–water partition coefficient (Wildman–Crippen LogP) is 3.13. The van der Waals surface area contributed by atoms with Gasteiger partial charge in [0, 0.05) is 6.07 Å². The summed E-state index contributed by atoms with van der Waals surface area (Å²) in [4.78, 5) is 50.7. The highest BCUT2D eigenvalue weighted by atomic mass is 16.6. The number of rotatable bonds is 6. The number of carbonyl (C=O) groups is 3. The van der Waals surface area contributed by atoms with E-state index >= 15 is 0 Å². The Morgan fingerprint density at radius 3 is 1.88 bits per heavy atom. The van der Waals surface area contributed by atoms with E-state index in [4.69, 9.17) is 9.47 Å². The lowest BCUT2D eigenvalue weighted by Gasteiger charge is -2.24. The molecule has 0 spiro atoms. The highest BCUT2D eigenvalue weighted by molar-refractivity contribution is 6.08. The number of hydrogen-bond acceptors (Lipinski definition) is 7. The number of ether oxygens (including phenoxy) is 2. The Hall–Kier alpha value is -4.53. The van der Waals surface area contributed by atoms with Crippen LogP contribution in [0.1, 0.15) is 15.9 Å². The molecule has 1 heterocycles. The molecule has 0 aliphatic carbocycles. The van der Waals surface area contributed by atoms with E-state index in [1.165, 1.54) is 42.5 Å². The van der Waals surface area contributed by atoms with Gasteiger partial charge in [0.1, 0.15) is 11.5 Å². The number of nitrogens with zero attached hydrogens (tertiary/aromatic N) is 2. The van der Waals surface area contributed by atoms with Gasteiger partial charge in [-0.3, -0.25) is 14.9 Å². The predicted molar refractivity (Wildman–Crippen MR) is 111 cm³/mol. The van der Waals surface area contributed by atoms with Crippen molar-refractivity contribution in [3.63, 3.8) is 0 Å². The molecule has 9 nitrogen and oxygen atoms in total. The first-order chi connectivity index (χ1) is 15.5. The average molecular weight is 432 g/mol. The third kappa shape index (κ3) is 4.04. The molecule has 1 aliphatic heterocycles. The first kappa shape index (κ1) is 20.7. The van der Waals surface area contributed by atoms with Gasteiger partial charge in [0.2, 0.25) is 6.04 Å². The van der Waals surface area contributed by atoms with Crippen molar-refractivity contribution in [1.82, 2.24) is 4.90 Å². The molecule has 0 radical (unpaired) electrons. The van der Waals surface area contributed by atoms with Crippen LogP contribution in [0.4, 0.5) is 5.69 Å². The van der Waals surface area contributed by atoms with Crippen molar-refractivity contribution < 1.29 is 28.8 Å². The molecule has 160 valence electrons. The van der Waals surface area contributed by atoms with E-state index in [-0.39, 0.29) is 34.9 Å². The molecule has 0 bridgehead atoms. The molecule has 3 aromatic rings. The summed E-state index contributed by atoms with van der Waals surface area (Å²) in [5, 5.41) is 11.4. The van der Waals surface area contributed by atoms with Crippen molar-refractivity contribution in [3.05, 3.63) is 100 Å². The van der Waals surface area contributed by atoms with Crippen LogP contribution in [-0.4, -0.2) is 33.7 Å². The summed E-state index contributed by atoms with van der Waals surface area (Å²) in [6, 6.07) is 18.3. The minimum absolute atomic E-state index is 0.0456. The lowest BCUT2D eigenvalue weighted by molar-refractivity contribution is -0.385. The second-order valence-corrected chi connectivity index (χ2v) is 6.86. The summed E-state index contributed by atoms with van der Waals surface area (Å²) in [5.74, 6) is -2.44. The number of hydrogen-bond donors (Lipinski definition) is 0. The van der Waals surface area contributed by atoms with Gasteiger partial charge in [-0.15, -0.1) is 0 Å². The zero-order valence-electron chi connectivity index (χ0n) is 16.5. The molecular weight excluding hydrogens is 416 g/mol. The summed E-state index contributed by atoms with van der Waals surface area (Å²) in [6.07, 6.45) is 0. The van der Waals surface area contributed by atoms with Crippen LogP contribution in [0, 0.1) is 10.1 Å². The van der Waals surface area contributed by atoms with Gasteiger partial charge in [0.25, 0.3) is 11.6 Å². The van der Waals surface area contributed by atoms with Gasteiger partial charge >= 0.3 is 11.9 Å². The Balaban J connectivity index is 1.68. The molecule has 4 rings (SSSR count). The van der Waals surface area contributed by atoms with E-state index in [1.54, 1.807) is 36.4 Å². The van der Waals surface area contributed by atoms with Crippen LogP contribution in [-0.2, 0) is 16.1 Å². The standard InChI is InChI=1S/C23H16N2O7/c26-21-17-12-7-13-19(25(29)30)18(17)14-24(21)20(22(27)31-15-8-3-1-4-9-15)23(28)32-16-10-5-2-6-11-16/h1-13,20H,14H2. The second kappa shape index (κ2) is 8.68. The van der Waals surface area contributed by atoms with E-state index < -0.39 is 28.8 Å². The van der Waals surface area contributed by atoms with E-state index in [9.17, 15) is 24.5 Å². The molecule has 0 aromatic heterocycles. The van der Waals surface area contributed by atoms with Crippen molar-refractivity contribution in [2.24, 2.45) is 0 Å². The fourth-order valence-corrected chi connectivity index (χ4v) is 3.39. The Bertz CT molecular complexity index is 1140. The van der Waals surface area contributed by atoms with E-state index in [1.807, 2.05) is 0 Å². The molecule has 0 saturated heterocycles. The summed E-state index contributed by atoms with van der Waals surface area (Å²) in [6.45, 7) is -0.316. The molecule has 0 unspecified atom stereocenters. The van der Waals surface area contributed by atoms with Crippen molar-refractivity contribution >= 4 is 23.5 Å². The molecule has 9 heteroatoms. The lowest BCUT2D eigenvalue weighted by Crippen LogP contribution is -2.50. The average Bonchev–Trinajstić information content (AvgIpc) is 3.11. The minimum atomic E-state index is -1.77. The fraction of sp³-hybridized carbons (Fsp3) is 0.0870. The van der Waals surface area contributed by atoms with E-state index in [2.05, 4.69) is 0 Å². The number of nitro benzene ring substituents is 1. The maximum atomic E-state index is 13.0. The number of carbonyl (C=O) groups excluding carboxylic acids is 3. The molecule has 0 fully saturated rings. The van der Waals surface area contributed by atoms with Gasteiger partial charge in [-0.25, -0.2) is 9.59 Å². The quantitative estimate of drug-likeness (QED) is 0.193. The maximum absolute atomic E-state index is 13.0. The smallest absolute Gasteiger partial charge is 0.346 e. The lowest BCUT2D eigenvalue weighted by atomic mass is 10.1. The normalized spacial score (nSPS) is 12.4. The molecule has 0 saturated carbocycles. The van der Waals surface area contributed by atoms with E-state index in [0.29, 0.717) is 0 Å². The number of nitro groups is 1. The monoisotopic (exact) mass is 432 g/mol. The van der Waals surface area contributed by atoms with Gasteiger partial charge < -0.3 is 14.4 Å². The van der Waals surface area contributed by atoms with Crippen LogP contribution in [0.2, 0.25) is 0 Å². The largest absolute Gasteiger partial charge is 0.425 e.